The van der Waals surface area contributed by atoms with Gasteiger partial charge in [-0.3, -0.25) is 0 Å². The van der Waals surface area contributed by atoms with Gasteiger partial charge in [0.05, 0.1) is 12.8 Å². The molecular formula is C26H30F2N6O2. The van der Waals surface area contributed by atoms with Gasteiger partial charge in [-0.25, -0.2) is 14.2 Å². The van der Waals surface area contributed by atoms with Crippen LogP contribution in [-0.2, 0) is 6.54 Å². The van der Waals surface area contributed by atoms with E-state index in [0.717, 1.165) is 24.0 Å². The molecule has 3 aromatic rings. The first-order valence-electron chi connectivity index (χ1n) is 11.8. The maximum Gasteiger partial charge on any atom is 0.321 e. The Morgan fingerprint density at radius 2 is 1.86 bits per heavy atom. The molecule has 1 aromatic heterocycles. The van der Waals surface area contributed by atoms with Crippen LogP contribution < -0.4 is 15.4 Å². The first-order valence-corrected chi connectivity index (χ1v) is 11.8. The minimum Gasteiger partial charge on any atom is -0.475 e. The minimum atomic E-state index is -0.631. The summed E-state index contributed by atoms with van der Waals surface area (Å²) in [5, 5.41) is 5.81. The van der Waals surface area contributed by atoms with Crippen molar-refractivity contribution in [3.63, 3.8) is 0 Å². The van der Waals surface area contributed by atoms with E-state index in [1.165, 1.54) is 12.1 Å². The van der Waals surface area contributed by atoms with Crippen LogP contribution in [0.25, 0.3) is 0 Å². The maximum absolute atomic E-state index is 14.3. The fraction of sp³-hybridized carbons (Fsp3) is 0.346. The number of anilines is 3. The molecule has 2 aromatic carbocycles. The summed E-state index contributed by atoms with van der Waals surface area (Å²) < 4.78 is 33.3. The van der Waals surface area contributed by atoms with Gasteiger partial charge in [0, 0.05) is 31.0 Å². The normalized spacial score (nSPS) is 14.1. The molecule has 0 bridgehead atoms. The molecule has 1 saturated heterocycles. The molecule has 2 N–H and O–H groups in total. The molecule has 36 heavy (non-hydrogen) atoms. The molecule has 0 atom stereocenters. The summed E-state index contributed by atoms with van der Waals surface area (Å²) in [6.07, 6.45) is 2.49. The van der Waals surface area contributed by atoms with Crippen molar-refractivity contribution in [1.82, 2.24) is 19.8 Å². The molecule has 10 heteroatoms. The number of ether oxygens (including phenoxy) is 1. The number of benzene rings is 2. The average molecular weight is 497 g/mol. The summed E-state index contributed by atoms with van der Waals surface area (Å²) in [7, 11) is 4.00. The molecule has 1 aliphatic rings. The summed E-state index contributed by atoms with van der Waals surface area (Å²) in [5.74, 6) is -0.747. The summed E-state index contributed by atoms with van der Waals surface area (Å²) in [6, 6.07) is 13.4. The molecule has 1 fully saturated rings. The number of hydrogen-bond acceptors (Lipinski definition) is 6. The Labute approximate surface area is 209 Å². The van der Waals surface area contributed by atoms with Gasteiger partial charge in [0.15, 0.2) is 0 Å². The summed E-state index contributed by atoms with van der Waals surface area (Å²) in [6.45, 7) is 2.12. The molecule has 8 nitrogen and oxygen atoms in total. The van der Waals surface area contributed by atoms with Gasteiger partial charge in [-0.1, -0.05) is 18.2 Å². The molecule has 0 aliphatic carbocycles. The predicted octanol–water partition coefficient (Wildman–Crippen LogP) is 4.88. The van der Waals surface area contributed by atoms with Crippen molar-refractivity contribution < 1.29 is 18.3 Å². The van der Waals surface area contributed by atoms with Crippen LogP contribution in [0.4, 0.5) is 30.9 Å². The molecule has 0 saturated carbocycles. The minimum absolute atomic E-state index is 0.108. The highest BCUT2D eigenvalue weighted by Crippen LogP contribution is 2.23. The number of carbonyl (C=O) groups excluding carboxylic acids is 1. The number of carbonyl (C=O) groups is 1. The lowest BCUT2D eigenvalue weighted by Gasteiger charge is -2.31. The topological polar surface area (TPSA) is 82.6 Å². The average Bonchev–Trinajstić information content (AvgIpc) is 2.84. The lowest BCUT2D eigenvalue weighted by molar-refractivity contribution is 0.148. The molecule has 4 rings (SSSR count). The fourth-order valence-corrected chi connectivity index (χ4v) is 4.02. The Balaban J connectivity index is 1.28. The molecule has 2 heterocycles. The van der Waals surface area contributed by atoms with Crippen LogP contribution in [-0.4, -0.2) is 59.6 Å². The molecule has 190 valence electrons. The Morgan fingerprint density at radius 3 is 2.61 bits per heavy atom. The fourth-order valence-electron chi connectivity index (χ4n) is 4.02. The van der Waals surface area contributed by atoms with Crippen LogP contribution in [0.15, 0.2) is 54.7 Å². The number of aromatic nitrogens is 2. The molecule has 0 unspecified atom stereocenters. The first-order chi connectivity index (χ1) is 17.4. The van der Waals surface area contributed by atoms with E-state index in [9.17, 15) is 13.6 Å². The van der Waals surface area contributed by atoms with E-state index >= 15 is 0 Å². The Hall–Kier alpha value is -3.79. The van der Waals surface area contributed by atoms with Crippen LogP contribution in [0.5, 0.6) is 5.88 Å². The van der Waals surface area contributed by atoms with E-state index in [2.05, 4.69) is 25.5 Å². The zero-order chi connectivity index (χ0) is 25.5. The van der Waals surface area contributed by atoms with Gasteiger partial charge in [0.25, 0.3) is 5.88 Å². The van der Waals surface area contributed by atoms with Gasteiger partial charge >= 0.3 is 6.03 Å². The smallest absolute Gasteiger partial charge is 0.321 e. The van der Waals surface area contributed by atoms with Gasteiger partial charge in [0.1, 0.15) is 5.82 Å². The second-order valence-electron chi connectivity index (χ2n) is 9.09. The van der Waals surface area contributed by atoms with Gasteiger partial charge in [-0.15, -0.1) is 0 Å². The highest BCUT2D eigenvalue weighted by molar-refractivity contribution is 5.89. The van der Waals surface area contributed by atoms with E-state index in [-0.39, 0.29) is 30.4 Å². The number of nitrogens with zero attached hydrogens (tertiary/aromatic N) is 4. The Morgan fingerprint density at radius 1 is 1.11 bits per heavy atom. The monoisotopic (exact) mass is 496 g/mol. The Bertz CT molecular complexity index is 1180. The van der Waals surface area contributed by atoms with Crippen molar-refractivity contribution in [1.29, 1.82) is 0 Å². The van der Waals surface area contributed by atoms with E-state index in [1.807, 2.05) is 38.4 Å². The molecular weight excluding hydrogens is 466 g/mol. The van der Waals surface area contributed by atoms with Crippen LogP contribution in [0.1, 0.15) is 18.4 Å². The van der Waals surface area contributed by atoms with Crippen LogP contribution >= 0.6 is 0 Å². The van der Waals surface area contributed by atoms with Crippen LogP contribution in [0, 0.1) is 17.6 Å². The predicted molar refractivity (Wildman–Crippen MR) is 134 cm³/mol. The zero-order valence-electron chi connectivity index (χ0n) is 20.4. The van der Waals surface area contributed by atoms with Crippen molar-refractivity contribution in [3.8, 4) is 5.88 Å². The van der Waals surface area contributed by atoms with E-state index in [1.54, 1.807) is 17.0 Å². The number of likely N-dealkylation sites (tertiary alicyclic amines) is 1. The summed E-state index contributed by atoms with van der Waals surface area (Å²) in [4.78, 5) is 24.4. The highest BCUT2D eigenvalue weighted by atomic mass is 19.1. The standard InChI is InChI=1S/C26H30F2N6O2/c1-33(2)16-19-5-3-7-21(13-19)30-25-29-15-23(28)24(32-25)36-17-18-9-11-34(12-10-18)26(35)31-22-8-4-6-20(27)14-22/h3-8,13-15,18H,9-12,16-17H2,1-2H3,(H,31,35)(H,29,30,32). The van der Waals surface area contributed by atoms with E-state index in [4.69, 9.17) is 4.74 Å². The summed E-state index contributed by atoms with van der Waals surface area (Å²) >= 11 is 0. The number of amides is 2. The van der Waals surface area contributed by atoms with E-state index in [0.29, 0.717) is 31.6 Å². The lowest BCUT2D eigenvalue weighted by atomic mass is 9.98. The third-order valence-corrected chi connectivity index (χ3v) is 5.83. The second-order valence-corrected chi connectivity index (χ2v) is 9.09. The lowest BCUT2D eigenvalue weighted by Crippen LogP contribution is -2.42. The van der Waals surface area contributed by atoms with Gasteiger partial charge < -0.3 is 25.2 Å². The highest BCUT2D eigenvalue weighted by Gasteiger charge is 2.24. The zero-order valence-corrected chi connectivity index (χ0v) is 20.4. The maximum atomic E-state index is 14.3. The van der Waals surface area contributed by atoms with Crippen LogP contribution in [0.3, 0.4) is 0 Å². The Kier molecular flexibility index (Phi) is 8.27. The van der Waals surface area contributed by atoms with E-state index < -0.39 is 11.6 Å². The molecule has 2 amide bonds. The van der Waals surface area contributed by atoms with Crippen LogP contribution in [0.2, 0.25) is 0 Å². The number of nitrogens with one attached hydrogen (secondary N) is 2. The SMILES string of the molecule is CN(C)Cc1cccc(Nc2ncc(F)c(OCC3CCN(C(=O)Nc4cccc(F)c4)CC3)n2)c1. The van der Waals surface area contributed by atoms with Crippen molar-refractivity contribution in [3.05, 3.63) is 71.9 Å². The largest absolute Gasteiger partial charge is 0.475 e. The molecule has 0 radical (unpaired) electrons. The van der Waals surface area contributed by atoms with Crippen molar-refractivity contribution in [2.45, 2.75) is 19.4 Å². The first kappa shape index (κ1) is 25.3. The second kappa shape index (κ2) is 11.8. The number of urea groups is 1. The van der Waals surface area contributed by atoms with Crippen molar-refractivity contribution in [2.75, 3.05) is 44.4 Å². The van der Waals surface area contributed by atoms with Crippen molar-refractivity contribution in [2.24, 2.45) is 5.92 Å². The number of halogens is 2. The third-order valence-electron chi connectivity index (χ3n) is 5.83. The number of piperidine rings is 1. The van der Waals surface area contributed by atoms with Gasteiger partial charge in [0.2, 0.25) is 11.8 Å². The third kappa shape index (κ3) is 7.11. The van der Waals surface area contributed by atoms with Gasteiger partial charge in [-0.05, 0) is 68.8 Å². The molecule has 1 aliphatic heterocycles. The van der Waals surface area contributed by atoms with Crippen molar-refractivity contribution >= 4 is 23.4 Å². The molecule has 0 spiro atoms. The van der Waals surface area contributed by atoms with Gasteiger partial charge in [-0.2, -0.15) is 9.37 Å². The summed E-state index contributed by atoms with van der Waals surface area (Å²) in [5.41, 5.74) is 2.34. The quantitative estimate of drug-likeness (QED) is 0.463. The number of rotatable bonds is 8. The number of hydrogen-bond donors (Lipinski definition) is 2.